The normalized spacial score (nSPS) is 15.4. The van der Waals surface area contributed by atoms with Crippen LogP contribution in [0.5, 0.6) is 5.75 Å². The van der Waals surface area contributed by atoms with Crippen LogP contribution in [0.3, 0.4) is 0 Å². The van der Waals surface area contributed by atoms with E-state index < -0.39 is 17.9 Å². The zero-order valence-corrected chi connectivity index (χ0v) is 18.2. The number of aromatic hydroxyl groups is 1. The Hall–Kier alpha value is -3.59. The molecule has 1 aliphatic rings. The van der Waals surface area contributed by atoms with E-state index in [4.69, 9.17) is 4.42 Å². The molecule has 32 heavy (non-hydrogen) atoms. The van der Waals surface area contributed by atoms with E-state index in [9.17, 15) is 19.5 Å². The van der Waals surface area contributed by atoms with E-state index in [1.54, 1.807) is 31.2 Å². The van der Waals surface area contributed by atoms with Crippen LogP contribution in [0.4, 0.5) is 4.79 Å². The van der Waals surface area contributed by atoms with Crippen LogP contribution >= 0.6 is 0 Å². The van der Waals surface area contributed by atoms with Crippen LogP contribution in [0.2, 0.25) is 0 Å². The summed E-state index contributed by atoms with van der Waals surface area (Å²) in [5.41, 5.74) is 2.50. The highest BCUT2D eigenvalue weighted by Gasteiger charge is 2.42. The number of carbonyl (C=O) groups is 3. The second kappa shape index (κ2) is 8.51. The van der Waals surface area contributed by atoms with E-state index in [0.717, 1.165) is 10.5 Å². The van der Waals surface area contributed by atoms with E-state index in [1.165, 1.54) is 0 Å². The number of nitrogens with one attached hydrogen (secondary N) is 2. The van der Waals surface area contributed by atoms with Crippen molar-refractivity contribution in [1.29, 1.82) is 0 Å². The zero-order chi connectivity index (χ0) is 23.0. The van der Waals surface area contributed by atoms with Crippen LogP contribution in [-0.2, 0) is 6.42 Å². The average Bonchev–Trinajstić information content (AvgIpc) is 3.42. The van der Waals surface area contributed by atoms with Gasteiger partial charge in [0.1, 0.15) is 16.9 Å². The first-order valence-electron chi connectivity index (χ1n) is 10.4. The van der Waals surface area contributed by atoms with Crippen LogP contribution in [-0.4, -0.2) is 72.0 Å². The molecule has 0 fully saturated rings. The highest BCUT2D eigenvalue weighted by atomic mass is 16.3. The van der Waals surface area contributed by atoms with Gasteiger partial charge in [0.25, 0.3) is 11.8 Å². The van der Waals surface area contributed by atoms with Crippen LogP contribution in [0.15, 0.2) is 40.8 Å². The third kappa shape index (κ3) is 4.11. The van der Waals surface area contributed by atoms with Gasteiger partial charge in [0.15, 0.2) is 0 Å². The molecule has 0 radical (unpaired) electrons. The number of benzene rings is 2. The van der Waals surface area contributed by atoms with Crippen molar-refractivity contribution >= 4 is 29.0 Å². The van der Waals surface area contributed by atoms with Crippen molar-refractivity contribution in [3.05, 3.63) is 53.1 Å². The maximum atomic E-state index is 12.6. The molecule has 9 heteroatoms. The summed E-state index contributed by atoms with van der Waals surface area (Å²) in [6, 6.07) is 9.59. The molecule has 4 rings (SSSR count). The summed E-state index contributed by atoms with van der Waals surface area (Å²) in [5.74, 6) is -0.573. The molecular weight excluding hydrogens is 412 g/mol. The zero-order valence-electron chi connectivity index (χ0n) is 18.2. The number of hydrogen-bond donors (Lipinski definition) is 3. The smallest absolute Gasteiger partial charge is 0.315 e. The second-order valence-corrected chi connectivity index (χ2v) is 8.38. The van der Waals surface area contributed by atoms with Crippen molar-refractivity contribution in [2.45, 2.75) is 25.4 Å². The Morgan fingerprint density at radius 3 is 2.22 bits per heavy atom. The number of rotatable bonds is 8. The van der Waals surface area contributed by atoms with Gasteiger partial charge in [0.2, 0.25) is 0 Å². The standard InChI is InChI=1S/C23H26N4O5/c1-13(12-27-21(29)19-17-8-9-18(32-17)20(19)22(27)30)25-23(31)24-11-15(26(2)3)10-14-4-6-16(28)7-5-14/h4-9,13,15,28H,10-12H2,1-3H3,(H2,24,25,31)/t13-,15+/m1/s1. The molecule has 0 unspecified atom stereocenters. The number of phenolic OH excluding ortho intramolecular Hbond substituents is 1. The van der Waals surface area contributed by atoms with Crippen molar-refractivity contribution in [3.63, 3.8) is 0 Å². The molecule has 3 N–H and O–H groups in total. The Bertz CT molecular complexity index is 1090. The second-order valence-electron chi connectivity index (χ2n) is 8.38. The van der Waals surface area contributed by atoms with E-state index in [1.807, 2.05) is 31.1 Å². The Morgan fingerprint density at radius 2 is 1.66 bits per heavy atom. The fourth-order valence-corrected chi connectivity index (χ4v) is 3.95. The first-order valence-corrected chi connectivity index (χ1v) is 10.4. The van der Waals surface area contributed by atoms with Gasteiger partial charge in [-0.15, -0.1) is 0 Å². The minimum atomic E-state index is -0.431. The Balaban J connectivity index is 1.29. The van der Waals surface area contributed by atoms with Crippen LogP contribution < -0.4 is 10.6 Å². The molecule has 2 atom stereocenters. The number of imide groups is 1. The van der Waals surface area contributed by atoms with E-state index in [-0.39, 0.29) is 24.4 Å². The van der Waals surface area contributed by atoms with Gasteiger partial charge >= 0.3 is 6.03 Å². The van der Waals surface area contributed by atoms with Gasteiger partial charge in [-0.2, -0.15) is 0 Å². The Labute approximate surface area is 185 Å². The molecule has 3 aromatic rings. The van der Waals surface area contributed by atoms with Crippen molar-refractivity contribution in [3.8, 4) is 5.75 Å². The molecular formula is C23H26N4O5. The lowest BCUT2D eigenvalue weighted by Gasteiger charge is -2.26. The summed E-state index contributed by atoms with van der Waals surface area (Å²) in [6.07, 6.45) is 0.699. The maximum Gasteiger partial charge on any atom is 0.315 e. The lowest BCUT2D eigenvalue weighted by atomic mass is 10.1. The molecule has 9 nitrogen and oxygen atoms in total. The van der Waals surface area contributed by atoms with Crippen molar-refractivity contribution in [2.75, 3.05) is 27.2 Å². The SMILES string of the molecule is C[C@H](CN1C(=O)c2c(c3ccc2o3)C1=O)NC(=O)NC[C@H](Cc1ccc(O)cc1)N(C)C. The van der Waals surface area contributed by atoms with Gasteiger partial charge < -0.3 is 25.1 Å². The number of carbonyl (C=O) groups excluding carboxylic acids is 3. The molecule has 2 aromatic heterocycles. The summed E-state index contributed by atoms with van der Waals surface area (Å²) in [4.78, 5) is 40.9. The number of nitrogens with zero attached hydrogens (tertiary/aromatic N) is 2. The number of fused-ring (bicyclic) bond motifs is 5. The van der Waals surface area contributed by atoms with Gasteiger partial charge in [-0.1, -0.05) is 12.1 Å². The molecule has 0 saturated heterocycles. The number of phenols is 1. The van der Waals surface area contributed by atoms with Crippen molar-refractivity contribution in [1.82, 2.24) is 20.4 Å². The van der Waals surface area contributed by atoms with Crippen LogP contribution in [0, 0.1) is 0 Å². The summed E-state index contributed by atoms with van der Waals surface area (Å²) in [6.45, 7) is 2.22. The summed E-state index contributed by atoms with van der Waals surface area (Å²) in [7, 11) is 3.87. The average molecular weight is 438 g/mol. The molecule has 0 spiro atoms. The predicted molar refractivity (Wildman–Crippen MR) is 118 cm³/mol. The minimum absolute atomic E-state index is 0.0477. The van der Waals surface area contributed by atoms with E-state index in [0.29, 0.717) is 35.3 Å². The third-order valence-corrected chi connectivity index (χ3v) is 5.74. The van der Waals surface area contributed by atoms with Gasteiger partial charge in [0.05, 0.1) is 11.1 Å². The highest BCUT2D eigenvalue weighted by Crippen LogP contribution is 2.35. The van der Waals surface area contributed by atoms with Gasteiger partial charge in [-0.3, -0.25) is 14.5 Å². The first kappa shape index (κ1) is 21.6. The van der Waals surface area contributed by atoms with Crippen LogP contribution in [0.1, 0.15) is 33.2 Å². The van der Waals surface area contributed by atoms with E-state index >= 15 is 0 Å². The lowest BCUT2D eigenvalue weighted by Crippen LogP contribution is -2.50. The highest BCUT2D eigenvalue weighted by molar-refractivity contribution is 6.27. The van der Waals surface area contributed by atoms with Gasteiger partial charge in [-0.05, 0) is 57.3 Å². The van der Waals surface area contributed by atoms with E-state index in [2.05, 4.69) is 10.6 Å². The third-order valence-electron chi connectivity index (χ3n) is 5.74. The number of likely N-dealkylation sites (N-methyl/N-ethyl adjacent to an activating group) is 1. The monoisotopic (exact) mass is 438 g/mol. The molecule has 1 aromatic carbocycles. The molecule has 168 valence electrons. The van der Waals surface area contributed by atoms with Crippen LogP contribution in [0.25, 0.3) is 11.2 Å². The molecule has 0 saturated carbocycles. The molecule has 4 amide bonds. The topological polar surface area (TPSA) is 115 Å². The number of amides is 4. The van der Waals surface area contributed by atoms with Crippen molar-refractivity contribution in [2.24, 2.45) is 0 Å². The molecule has 3 heterocycles. The van der Waals surface area contributed by atoms with Crippen molar-refractivity contribution < 1.29 is 23.9 Å². The number of hydrogen-bond acceptors (Lipinski definition) is 6. The molecule has 1 aliphatic heterocycles. The number of furan rings is 2. The number of urea groups is 1. The minimum Gasteiger partial charge on any atom is -0.508 e. The maximum absolute atomic E-state index is 12.6. The van der Waals surface area contributed by atoms with Gasteiger partial charge in [0, 0.05) is 25.2 Å². The molecule has 0 aliphatic carbocycles. The lowest BCUT2D eigenvalue weighted by molar-refractivity contribution is 0.0641. The quantitative estimate of drug-likeness (QED) is 0.464. The summed E-state index contributed by atoms with van der Waals surface area (Å²) < 4.78 is 5.40. The first-order chi connectivity index (χ1) is 15.2. The summed E-state index contributed by atoms with van der Waals surface area (Å²) in [5, 5.41) is 15.1. The fraction of sp³-hybridized carbons (Fsp3) is 0.348. The molecule has 2 bridgehead atoms. The predicted octanol–water partition coefficient (Wildman–Crippen LogP) is 2.03. The van der Waals surface area contributed by atoms with Gasteiger partial charge in [-0.25, -0.2) is 4.79 Å². The fourth-order valence-electron chi connectivity index (χ4n) is 3.95. The Morgan fingerprint density at radius 1 is 1.06 bits per heavy atom. The summed E-state index contributed by atoms with van der Waals surface area (Å²) >= 11 is 0. The Kier molecular flexibility index (Phi) is 5.75. The largest absolute Gasteiger partial charge is 0.508 e.